The Bertz CT molecular complexity index is 397. The van der Waals surface area contributed by atoms with Crippen molar-refractivity contribution in [2.75, 3.05) is 0 Å². The lowest BCUT2D eigenvalue weighted by atomic mass is 10.1. The van der Waals surface area contributed by atoms with Gasteiger partial charge in [-0.3, -0.25) is 4.79 Å². The summed E-state index contributed by atoms with van der Waals surface area (Å²) in [5.74, 6) is -1.95. The van der Waals surface area contributed by atoms with Crippen molar-refractivity contribution in [1.29, 1.82) is 0 Å². The molecule has 1 aromatic rings. The quantitative estimate of drug-likeness (QED) is 0.777. The molecular weight excluding hydrogens is 269 g/mol. The fraction of sp³-hybridized carbons (Fsp3) is 0.222. The van der Waals surface area contributed by atoms with E-state index in [1.165, 1.54) is 0 Å². The maximum Gasteiger partial charge on any atom is 0.320 e. The Labute approximate surface area is 93.6 Å². The summed E-state index contributed by atoms with van der Waals surface area (Å²) < 4.78 is 13.1. The molecule has 1 atom stereocenters. The number of aromatic hydroxyl groups is 1. The Morgan fingerprint density at radius 1 is 1.60 bits per heavy atom. The van der Waals surface area contributed by atoms with Gasteiger partial charge in [-0.25, -0.2) is 4.39 Å². The van der Waals surface area contributed by atoms with Crippen LogP contribution in [0.4, 0.5) is 4.39 Å². The molecule has 15 heavy (non-hydrogen) atoms. The molecule has 0 fully saturated rings. The zero-order chi connectivity index (χ0) is 11.6. The summed E-state index contributed by atoms with van der Waals surface area (Å²) in [6.07, 6.45) is -0.127. The molecule has 4 nitrogen and oxygen atoms in total. The molecule has 0 aliphatic heterocycles. The average Bonchev–Trinajstić information content (AvgIpc) is 2.13. The minimum atomic E-state index is -1.20. The second-order valence-electron chi connectivity index (χ2n) is 3.04. The van der Waals surface area contributed by atoms with Gasteiger partial charge in [0.2, 0.25) is 0 Å². The Morgan fingerprint density at radius 2 is 2.20 bits per heavy atom. The predicted molar refractivity (Wildman–Crippen MR) is 55.1 cm³/mol. The lowest BCUT2D eigenvalue weighted by Crippen LogP contribution is -2.32. The first kappa shape index (κ1) is 11.9. The Kier molecular flexibility index (Phi) is 3.65. The van der Waals surface area contributed by atoms with E-state index in [-0.39, 0.29) is 22.2 Å². The third-order valence-electron chi connectivity index (χ3n) is 1.86. The summed E-state index contributed by atoms with van der Waals surface area (Å²) in [5.41, 5.74) is 5.43. The number of carboxylic acid groups (broad SMARTS) is 1. The van der Waals surface area contributed by atoms with Gasteiger partial charge in [0.1, 0.15) is 17.6 Å². The first-order valence-corrected chi connectivity index (χ1v) is 4.86. The standard InChI is InChI=1S/C9H9BrFNO3/c10-6-3-5(11)1-4(8(6)13)2-7(12)9(14)15/h1,3,7,13H,2,12H2,(H,14,15). The molecule has 0 spiro atoms. The maximum atomic E-state index is 12.9. The van der Waals surface area contributed by atoms with Gasteiger partial charge in [0.15, 0.2) is 0 Å². The first-order chi connectivity index (χ1) is 6.91. The van der Waals surface area contributed by atoms with Gasteiger partial charge >= 0.3 is 5.97 Å². The summed E-state index contributed by atoms with van der Waals surface area (Å²) in [5, 5.41) is 18.1. The van der Waals surface area contributed by atoms with E-state index in [4.69, 9.17) is 10.8 Å². The van der Waals surface area contributed by atoms with E-state index in [1.54, 1.807) is 0 Å². The number of phenolic OH excluding ortho intramolecular Hbond substituents is 1. The third-order valence-corrected chi connectivity index (χ3v) is 2.47. The predicted octanol–water partition coefficient (Wildman–Crippen LogP) is 1.25. The molecule has 0 aromatic heterocycles. The van der Waals surface area contributed by atoms with Gasteiger partial charge in [0.25, 0.3) is 0 Å². The third kappa shape index (κ3) is 2.90. The molecule has 1 unspecified atom stereocenters. The topological polar surface area (TPSA) is 83.5 Å². The zero-order valence-corrected chi connectivity index (χ0v) is 9.16. The number of benzene rings is 1. The number of halogens is 2. The van der Waals surface area contributed by atoms with Crippen molar-refractivity contribution in [3.63, 3.8) is 0 Å². The molecule has 0 amide bonds. The van der Waals surface area contributed by atoms with Gasteiger partial charge in [-0.2, -0.15) is 0 Å². The molecule has 0 heterocycles. The van der Waals surface area contributed by atoms with Crippen molar-refractivity contribution in [3.8, 4) is 5.75 Å². The normalized spacial score (nSPS) is 12.5. The van der Waals surface area contributed by atoms with Gasteiger partial charge in [-0.05, 0) is 28.1 Å². The molecule has 0 saturated carbocycles. The van der Waals surface area contributed by atoms with Gasteiger partial charge in [-0.15, -0.1) is 0 Å². The van der Waals surface area contributed by atoms with Crippen LogP contribution in [0.2, 0.25) is 0 Å². The number of aliphatic carboxylic acids is 1. The number of rotatable bonds is 3. The van der Waals surface area contributed by atoms with E-state index in [1.807, 2.05) is 0 Å². The Balaban J connectivity index is 2.99. The number of phenols is 1. The summed E-state index contributed by atoms with van der Waals surface area (Å²) in [4.78, 5) is 10.5. The van der Waals surface area contributed by atoms with Crippen LogP contribution in [-0.4, -0.2) is 22.2 Å². The van der Waals surface area contributed by atoms with Gasteiger partial charge in [0.05, 0.1) is 4.47 Å². The number of carbonyl (C=O) groups is 1. The molecule has 4 N–H and O–H groups in total. The molecule has 0 aliphatic carbocycles. The second kappa shape index (κ2) is 4.59. The highest BCUT2D eigenvalue weighted by Crippen LogP contribution is 2.29. The smallest absolute Gasteiger partial charge is 0.320 e. The summed E-state index contributed by atoms with van der Waals surface area (Å²) in [7, 11) is 0. The molecular formula is C9H9BrFNO3. The Morgan fingerprint density at radius 3 is 2.73 bits per heavy atom. The number of hydrogen-bond acceptors (Lipinski definition) is 3. The van der Waals surface area contributed by atoms with E-state index < -0.39 is 17.8 Å². The van der Waals surface area contributed by atoms with E-state index in [0.29, 0.717) is 0 Å². The fourth-order valence-electron chi connectivity index (χ4n) is 1.10. The SMILES string of the molecule is NC(Cc1cc(F)cc(Br)c1O)C(=O)O. The van der Waals surface area contributed by atoms with E-state index in [0.717, 1.165) is 12.1 Å². The van der Waals surface area contributed by atoms with Gasteiger partial charge in [0, 0.05) is 12.0 Å². The lowest BCUT2D eigenvalue weighted by Gasteiger charge is -2.09. The van der Waals surface area contributed by atoms with Crippen LogP contribution in [0.1, 0.15) is 5.56 Å². The van der Waals surface area contributed by atoms with Crippen LogP contribution in [0.5, 0.6) is 5.75 Å². The highest BCUT2D eigenvalue weighted by Gasteiger charge is 2.16. The van der Waals surface area contributed by atoms with E-state index in [9.17, 15) is 14.3 Å². The molecule has 1 rings (SSSR count). The van der Waals surface area contributed by atoms with Crippen LogP contribution in [0.25, 0.3) is 0 Å². The van der Waals surface area contributed by atoms with E-state index >= 15 is 0 Å². The van der Waals surface area contributed by atoms with Crippen molar-refractivity contribution in [1.82, 2.24) is 0 Å². The highest BCUT2D eigenvalue weighted by atomic mass is 79.9. The van der Waals surface area contributed by atoms with Crippen molar-refractivity contribution in [3.05, 3.63) is 28.0 Å². The van der Waals surface area contributed by atoms with Gasteiger partial charge < -0.3 is 15.9 Å². The van der Waals surface area contributed by atoms with Crippen LogP contribution >= 0.6 is 15.9 Å². The maximum absolute atomic E-state index is 12.9. The van der Waals surface area contributed by atoms with Crippen molar-refractivity contribution >= 4 is 21.9 Å². The van der Waals surface area contributed by atoms with Crippen LogP contribution in [0, 0.1) is 5.82 Å². The number of carboxylic acids is 1. The van der Waals surface area contributed by atoms with Crippen LogP contribution in [-0.2, 0) is 11.2 Å². The minimum absolute atomic E-state index is 0.127. The zero-order valence-electron chi connectivity index (χ0n) is 7.58. The summed E-state index contributed by atoms with van der Waals surface area (Å²) in [6.45, 7) is 0. The first-order valence-electron chi connectivity index (χ1n) is 4.07. The molecule has 1 aromatic carbocycles. The van der Waals surface area contributed by atoms with E-state index in [2.05, 4.69) is 15.9 Å². The van der Waals surface area contributed by atoms with Crippen molar-refractivity contribution < 1.29 is 19.4 Å². The molecule has 0 saturated heterocycles. The van der Waals surface area contributed by atoms with Crippen LogP contribution < -0.4 is 5.73 Å². The number of hydrogen-bond donors (Lipinski definition) is 3. The Hall–Kier alpha value is -1.14. The summed E-state index contributed by atoms with van der Waals surface area (Å²) >= 11 is 2.95. The molecule has 82 valence electrons. The average molecular weight is 278 g/mol. The fourth-order valence-corrected chi connectivity index (χ4v) is 1.57. The second-order valence-corrected chi connectivity index (χ2v) is 3.90. The van der Waals surface area contributed by atoms with Crippen LogP contribution in [0.15, 0.2) is 16.6 Å². The van der Waals surface area contributed by atoms with Crippen molar-refractivity contribution in [2.24, 2.45) is 5.73 Å². The van der Waals surface area contributed by atoms with Gasteiger partial charge in [-0.1, -0.05) is 0 Å². The molecule has 0 radical (unpaired) electrons. The largest absolute Gasteiger partial charge is 0.506 e. The van der Waals surface area contributed by atoms with Crippen molar-refractivity contribution in [2.45, 2.75) is 12.5 Å². The lowest BCUT2D eigenvalue weighted by molar-refractivity contribution is -0.138. The van der Waals surface area contributed by atoms with Crippen LogP contribution in [0.3, 0.4) is 0 Å². The molecule has 6 heteroatoms. The monoisotopic (exact) mass is 277 g/mol. The minimum Gasteiger partial charge on any atom is -0.506 e. The molecule has 0 bridgehead atoms. The number of nitrogens with two attached hydrogens (primary N) is 1. The molecule has 0 aliphatic rings. The highest BCUT2D eigenvalue weighted by molar-refractivity contribution is 9.10. The summed E-state index contributed by atoms with van der Waals surface area (Å²) in [6, 6.07) is 0.984.